The summed E-state index contributed by atoms with van der Waals surface area (Å²) in [5, 5.41) is 0. The van der Waals surface area contributed by atoms with Gasteiger partial charge in [-0.2, -0.15) is 4.31 Å². The second-order valence-electron chi connectivity index (χ2n) is 5.75. The molecule has 1 aromatic rings. The Kier molecular flexibility index (Phi) is 3.95. The van der Waals surface area contributed by atoms with Crippen LogP contribution in [0.5, 0.6) is 0 Å². The largest absolute Gasteiger partial charge is 0.398 e. The average molecular weight is 347 g/mol. The van der Waals surface area contributed by atoms with Crippen molar-refractivity contribution in [2.45, 2.75) is 31.6 Å². The summed E-state index contributed by atoms with van der Waals surface area (Å²) in [4.78, 5) is 0.196. The Hall–Kier alpha value is -0.590. The molecule has 1 aliphatic rings. The first-order chi connectivity index (χ1) is 8.72. The molecular weight excluding hydrogens is 328 g/mol. The highest BCUT2D eigenvalue weighted by Crippen LogP contribution is 2.34. The fourth-order valence-electron chi connectivity index (χ4n) is 2.20. The lowest BCUT2D eigenvalue weighted by Crippen LogP contribution is -2.41. The fourth-order valence-corrected chi connectivity index (χ4v) is 4.30. The third kappa shape index (κ3) is 3.12. The first-order valence-corrected chi connectivity index (χ1v) is 8.51. The number of nitrogens with zero attached hydrogens (tertiary/aromatic N) is 1. The van der Waals surface area contributed by atoms with Crippen LogP contribution in [-0.2, 0) is 10.0 Å². The maximum atomic E-state index is 12.6. The van der Waals surface area contributed by atoms with Gasteiger partial charge in [0.2, 0.25) is 10.0 Å². The molecule has 1 saturated heterocycles. The van der Waals surface area contributed by atoms with Gasteiger partial charge in [-0.25, -0.2) is 8.42 Å². The quantitative estimate of drug-likeness (QED) is 0.837. The Morgan fingerprint density at radius 2 is 1.84 bits per heavy atom. The zero-order chi connectivity index (χ0) is 14.3. The van der Waals surface area contributed by atoms with Crippen LogP contribution in [0.1, 0.15) is 26.7 Å². The number of nitrogens with two attached hydrogens (primary N) is 1. The van der Waals surface area contributed by atoms with Crippen molar-refractivity contribution in [2.75, 3.05) is 18.8 Å². The van der Waals surface area contributed by atoms with Gasteiger partial charge in [0.1, 0.15) is 4.90 Å². The molecule has 2 rings (SSSR count). The van der Waals surface area contributed by atoms with Gasteiger partial charge in [-0.3, -0.25) is 0 Å². The van der Waals surface area contributed by atoms with Gasteiger partial charge in [-0.05, 0) is 36.5 Å². The minimum atomic E-state index is -3.49. The lowest BCUT2D eigenvalue weighted by atomic mass is 9.83. The van der Waals surface area contributed by atoms with Crippen molar-refractivity contribution in [2.24, 2.45) is 5.41 Å². The summed E-state index contributed by atoms with van der Waals surface area (Å²) >= 11 is 3.29. The molecule has 0 aromatic heterocycles. The summed E-state index contributed by atoms with van der Waals surface area (Å²) in [6.07, 6.45) is 1.75. The predicted molar refractivity (Wildman–Crippen MR) is 80.3 cm³/mol. The minimum absolute atomic E-state index is 0.196. The molecule has 6 heteroatoms. The van der Waals surface area contributed by atoms with Crippen molar-refractivity contribution >= 4 is 31.6 Å². The zero-order valence-electron chi connectivity index (χ0n) is 11.2. The second kappa shape index (κ2) is 5.07. The molecule has 1 aliphatic heterocycles. The Labute approximate surface area is 123 Å². The van der Waals surface area contributed by atoms with Crippen LogP contribution >= 0.6 is 15.9 Å². The Morgan fingerprint density at radius 3 is 2.42 bits per heavy atom. The van der Waals surface area contributed by atoms with Crippen molar-refractivity contribution in [3.8, 4) is 0 Å². The molecule has 1 aromatic carbocycles. The topological polar surface area (TPSA) is 63.4 Å². The number of nitrogen functional groups attached to an aromatic ring is 1. The van der Waals surface area contributed by atoms with Crippen LogP contribution in [-0.4, -0.2) is 25.8 Å². The van der Waals surface area contributed by atoms with Crippen molar-refractivity contribution in [1.82, 2.24) is 4.31 Å². The van der Waals surface area contributed by atoms with E-state index in [1.165, 1.54) is 4.31 Å². The van der Waals surface area contributed by atoms with Crippen LogP contribution in [0.25, 0.3) is 0 Å². The third-order valence-corrected chi connectivity index (χ3v) is 6.12. The number of piperidine rings is 1. The van der Waals surface area contributed by atoms with Crippen LogP contribution in [0.2, 0.25) is 0 Å². The summed E-state index contributed by atoms with van der Waals surface area (Å²) < 4.78 is 27.5. The highest BCUT2D eigenvalue weighted by atomic mass is 79.9. The minimum Gasteiger partial charge on any atom is -0.398 e. The number of hydrogen-bond acceptors (Lipinski definition) is 3. The number of benzene rings is 1. The first kappa shape index (κ1) is 14.8. The smallest absolute Gasteiger partial charge is 0.245 e. The molecule has 0 aliphatic carbocycles. The van der Waals surface area contributed by atoms with Crippen molar-refractivity contribution in [3.05, 3.63) is 22.7 Å². The van der Waals surface area contributed by atoms with Gasteiger partial charge in [0.25, 0.3) is 0 Å². The van der Waals surface area contributed by atoms with Gasteiger partial charge in [-0.15, -0.1) is 0 Å². The highest BCUT2D eigenvalue weighted by Gasteiger charge is 2.33. The second-order valence-corrected chi connectivity index (χ2v) is 8.57. The van der Waals surface area contributed by atoms with Gasteiger partial charge >= 0.3 is 0 Å². The van der Waals surface area contributed by atoms with E-state index in [-0.39, 0.29) is 10.3 Å². The summed E-state index contributed by atoms with van der Waals surface area (Å²) in [6, 6.07) is 4.93. The van der Waals surface area contributed by atoms with E-state index in [0.717, 1.165) is 17.3 Å². The molecule has 0 amide bonds. The summed E-state index contributed by atoms with van der Waals surface area (Å²) in [6.45, 7) is 5.46. The molecule has 1 fully saturated rings. The number of hydrogen-bond donors (Lipinski definition) is 1. The summed E-state index contributed by atoms with van der Waals surface area (Å²) in [7, 11) is -3.49. The molecule has 19 heavy (non-hydrogen) atoms. The van der Waals surface area contributed by atoms with E-state index in [2.05, 4.69) is 29.8 Å². The molecule has 1 heterocycles. The number of rotatable bonds is 2. The molecule has 106 valence electrons. The maximum absolute atomic E-state index is 12.6. The molecule has 0 bridgehead atoms. The van der Waals surface area contributed by atoms with E-state index in [4.69, 9.17) is 5.73 Å². The highest BCUT2D eigenvalue weighted by molar-refractivity contribution is 9.10. The van der Waals surface area contributed by atoms with Crippen LogP contribution in [0.4, 0.5) is 5.69 Å². The van der Waals surface area contributed by atoms with E-state index < -0.39 is 10.0 Å². The number of sulfonamides is 1. The molecule has 0 atom stereocenters. The lowest BCUT2D eigenvalue weighted by molar-refractivity contribution is 0.196. The molecular formula is C13H19BrN2O2S. The maximum Gasteiger partial charge on any atom is 0.245 e. The van der Waals surface area contributed by atoms with Gasteiger partial charge in [0, 0.05) is 17.6 Å². The number of anilines is 1. The summed E-state index contributed by atoms with van der Waals surface area (Å²) in [5.74, 6) is 0. The molecule has 2 N–H and O–H groups in total. The standard InChI is InChI=1S/C13H19BrN2O2S/c1-13(2)5-7-16(8-6-13)19(17,18)12-9-10(14)3-4-11(12)15/h3-4,9H,5-8,15H2,1-2H3. The van der Waals surface area contributed by atoms with E-state index >= 15 is 0 Å². The summed E-state index contributed by atoms with van der Waals surface area (Å²) in [5.41, 5.74) is 6.33. The predicted octanol–water partition coefficient (Wildman–Crippen LogP) is 2.84. The first-order valence-electron chi connectivity index (χ1n) is 6.28. The van der Waals surface area contributed by atoms with E-state index in [1.54, 1.807) is 18.2 Å². The van der Waals surface area contributed by atoms with Crippen LogP contribution in [0.3, 0.4) is 0 Å². The van der Waals surface area contributed by atoms with Gasteiger partial charge < -0.3 is 5.73 Å². The monoisotopic (exact) mass is 346 g/mol. The lowest BCUT2D eigenvalue weighted by Gasteiger charge is -2.36. The third-order valence-electron chi connectivity index (χ3n) is 3.67. The number of halogens is 1. The van der Waals surface area contributed by atoms with Crippen molar-refractivity contribution < 1.29 is 8.42 Å². The van der Waals surface area contributed by atoms with E-state index in [0.29, 0.717) is 18.8 Å². The fraction of sp³-hybridized carbons (Fsp3) is 0.538. The van der Waals surface area contributed by atoms with Gasteiger partial charge in [-0.1, -0.05) is 29.8 Å². The Bertz CT molecular complexity index is 574. The Morgan fingerprint density at radius 1 is 1.26 bits per heavy atom. The van der Waals surface area contributed by atoms with Crippen LogP contribution in [0.15, 0.2) is 27.6 Å². The van der Waals surface area contributed by atoms with Gasteiger partial charge in [0.05, 0.1) is 5.69 Å². The molecule has 4 nitrogen and oxygen atoms in total. The molecule has 0 unspecified atom stereocenters. The van der Waals surface area contributed by atoms with Gasteiger partial charge in [0.15, 0.2) is 0 Å². The van der Waals surface area contributed by atoms with Crippen LogP contribution < -0.4 is 5.73 Å². The van der Waals surface area contributed by atoms with Crippen molar-refractivity contribution in [1.29, 1.82) is 0 Å². The molecule has 0 saturated carbocycles. The van der Waals surface area contributed by atoms with Crippen LogP contribution in [0, 0.1) is 5.41 Å². The average Bonchev–Trinajstić information content (AvgIpc) is 2.31. The zero-order valence-corrected chi connectivity index (χ0v) is 13.6. The van der Waals surface area contributed by atoms with Crippen molar-refractivity contribution in [3.63, 3.8) is 0 Å². The molecule has 0 radical (unpaired) electrons. The van der Waals surface area contributed by atoms with E-state index in [1.807, 2.05) is 0 Å². The molecule has 0 spiro atoms. The SMILES string of the molecule is CC1(C)CCN(S(=O)(=O)c2cc(Br)ccc2N)CC1. The normalized spacial score (nSPS) is 20.4. The van der Waals surface area contributed by atoms with E-state index in [9.17, 15) is 8.42 Å². The Balaban J connectivity index is 2.31.